The maximum Gasteiger partial charge on any atom is 0.129 e. The summed E-state index contributed by atoms with van der Waals surface area (Å²) < 4.78 is 0. The second-order valence-corrected chi connectivity index (χ2v) is 6.25. The second kappa shape index (κ2) is 5.29. The van der Waals surface area contributed by atoms with Crippen LogP contribution < -0.4 is 10.2 Å². The highest BCUT2D eigenvalue weighted by molar-refractivity contribution is 6.30. The summed E-state index contributed by atoms with van der Waals surface area (Å²) >= 11 is 6.28. The van der Waals surface area contributed by atoms with Crippen molar-refractivity contribution >= 4 is 34.5 Å². The van der Waals surface area contributed by atoms with Crippen LogP contribution in [-0.4, -0.2) is 30.3 Å². The fraction of sp³-hybridized carbons (Fsp3) is 0.294. The fourth-order valence-electron chi connectivity index (χ4n) is 2.91. The van der Waals surface area contributed by atoms with Gasteiger partial charge < -0.3 is 10.2 Å². The molecule has 2 aromatic rings. The summed E-state index contributed by atoms with van der Waals surface area (Å²) in [6.45, 7) is 3.85. The lowest BCUT2D eigenvalue weighted by Gasteiger charge is -2.41. The van der Waals surface area contributed by atoms with Crippen LogP contribution in [0.2, 0.25) is 0 Å². The van der Waals surface area contributed by atoms with Gasteiger partial charge in [0.05, 0.1) is 17.3 Å². The number of aliphatic imine (C=N–C) groups is 1. The van der Waals surface area contributed by atoms with E-state index in [4.69, 9.17) is 16.6 Å². The summed E-state index contributed by atoms with van der Waals surface area (Å²) in [7, 11) is 0. The lowest BCUT2D eigenvalue weighted by molar-refractivity contribution is 0.456. The third-order valence-corrected chi connectivity index (χ3v) is 4.50. The molecule has 3 heterocycles. The van der Waals surface area contributed by atoms with E-state index in [2.05, 4.69) is 33.4 Å². The van der Waals surface area contributed by atoms with Crippen LogP contribution in [0.4, 0.5) is 5.82 Å². The summed E-state index contributed by atoms with van der Waals surface area (Å²) in [6, 6.07) is 12.6. The molecule has 0 spiro atoms. The molecule has 0 amide bonds. The van der Waals surface area contributed by atoms with Crippen LogP contribution in [0, 0.1) is 5.92 Å². The van der Waals surface area contributed by atoms with Crippen molar-refractivity contribution in [2.45, 2.75) is 13.0 Å². The largest absolute Gasteiger partial charge is 0.367 e. The Balaban J connectivity index is 1.50. The van der Waals surface area contributed by atoms with E-state index in [1.54, 1.807) is 0 Å². The molecule has 1 atom stereocenters. The van der Waals surface area contributed by atoms with Crippen LogP contribution in [-0.2, 0) is 0 Å². The van der Waals surface area contributed by atoms with Crippen molar-refractivity contribution < 1.29 is 0 Å². The molecular formula is C17H17ClN4. The third kappa shape index (κ3) is 2.33. The number of benzene rings is 1. The average molecular weight is 313 g/mol. The smallest absolute Gasteiger partial charge is 0.129 e. The van der Waals surface area contributed by atoms with Gasteiger partial charge >= 0.3 is 0 Å². The lowest BCUT2D eigenvalue weighted by Crippen LogP contribution is -2.49. The van der Waals surface area contributed by atoms with E-state index in [1.807, 2.05) is 31.3 Å². The molecule has 1 aromatic carbocycles. The third-order valence-electron chi connectivity index (χ3n) is 4.19. The molecule has 112 valence electrons. The van der Waals surface area contributed by atoms with Crippen molar-refractivity contribution in [3.63, 3.8) is 0 Å². The normalized spacial score (nSPS) is 21.9. The zero-order valence-corrected chi connectivity index (χ0v) is 13.1. The van der Waals surface area contributed by atoms with Crippen molar-refractivity contribution in [3.8, 4) is 0 Å². The van der Waals surface area contributed by atoms with Crippen molar-refractivity contribution in [2.75, 3.05) is 18.0 Å². The monoisotopic (exact) mass is 312 g/mol. The van der Waals surface area contributed by atoms with E-state index in [9.17, 15) is 0 Å². The van der Waals surface area contributed by atoms with E-state index in [-0.39, 0.29) is 6.04 Å². The molecule has 0 radical (unpaired) electrons. The number of fused-ring (bicyclic) bond motifs is 1. The Kier molecular flexibility index (Phi) is 3.26. The van der Waals surface area contributed by atoms with Crippen molar-refractivity contribution in [1.29, 1.82) is 0 Å². The first-order chi connectivity index (χ1) is 10.7. The minimum absolute atomic E-state index is 0.203. The Morgan fingerprint density at radius 1 is 1.18 bits per heavy atom. The van der Waals surface area contributed by atoms with Crippen LogP contribution in [0.25, 0.3) is 10.9 Å². The number of rotatable bonds is 2. The van der Waals surface area contributed by atoms with E-state index in [1.165, 1.54) is 5.39 Å². The van der Waals surface area contributed by atoms with Crippen molar-refractivity contribution in [1.82, 2.24) is 10.3 Å². The van der Waals surface area contributed by atoms with E-state index in [0.29, 0.717) is 11.1 Å². The number of anilines is 1. The van der Waals surface area contributed by atoms with Crippen LogP contribution >= 0.6 is 11.6 Å². The second-order valence-electron chi connectivity index (χ2n) is 5.87. The van der Waals surface area contributed by atoms with Gasteiger partial charge in [0.25, 0.3) is 0 Å². The van der Waals surface area contributed by atoms with Crippen molar-refractivity contribution in [2.24, 2.45) is 10.9 Å². The summed E-state index contributed by atoms with van der Waals surface area (Å²) in [5, 5.41) is 5.08. The molecule has 1 fully saturated rings. The van der Waals surface area contributed by atoms with Crippen LogP contribution in [0.15, 0.2) is 52.2 Å². The maximum absolute atomic E-state index is 6.28. The molecule has 2 aliphatic heterocycles. The number of nitrogens with one attached hydrogen (secondary N) is 1. The van der Waals surface area contributed by atoms with Gasteiger partial charge in [-0.3, -0.25) is 4.99 Å². The molecule has 1 aromatic heterocycles. The van der Waals surface area contributed by atoms with Gasteiger partial charge in [-0.1, -0.05) is 29.8 Å². The molecular weight excluding hydrogens is 296 g/mol. The highest BCUT2D eigenvalue weighted by Crippen LogP contribution is 2.32. The van der Waals surface area contributed by atoms with E-state index >= 15 is 0 Å². The number of hydrogen-bond donors (Lipinski definition) is 1. The van der Waals surface area contributed by atoms with Gasteiger partial charge in [-0.05, 0) is 25.1 Å². The minimum atomic E-state index is 0.203. The average Bonchev–Trinajstić information content (AvgIpc) is 2.48. The quantitative estimate of drug-likeness (QED) is 0.866. The van der Waals surface area contributed by atoms with Gasteiger partial charge in [0.1, 0.15) is 11.0 Å². The van der Waals surface area contributed by atoms with Gasteiger partial charge in [0, 0.05) is 30.6 Å². The van der Waals surface area contributed by atoms with Gasteiger partial charge in [0.15, 0.2) is 0 Å². The molecule has 2 aliphatic rings. The number of nitrogens with zero attached hydrogens (tertiary/aromatic N) is 3. The highest BCUT2D eigenvalue weighted by Gasteiger charge is 2.33. The Morgan fingerprint density at radius 2 is 2.00 bits per heavy atom. The number of para-hydroxylation sites is 1. The molecule has 1 N–H and O–H groups in total. The summed E-state index contributed by atoms with van der Waals surface area (Å²) in [5.41, 5.74) is 2.00. The summed E-state index contributed by atoms with van der Waals surface area (Å²) in [6.07, 6.45) is 1.91. The van der Waals surface area contributed by atoms with Gasteiger partial charge in [-0.2, -0.15) is 0 Å². The van der Waals surface area contributed by atoms with Crippen LogP contribution in [0.3, 0.4) is 0 Å². The first-order valence-corrected chi connectivity index (χ1v) is 7.89. The predicted octanol–water partition coefficient (Wildman–Crippen LogP) is 3.14. The molecule has 1 unspecified atom stereocenters. The summed E-state index contributed by atoms with van der Waals surface area (Å²) in [5.74, 6) is 1.39. The fourth-order valence-corrected chi connectivity index (χ4v) is 3.29. The zero-order chi connectivity index (χ0) is 15.1. The number of halogens is 1. The Labute approximate surface area is 134 Å². The number of pyridine rings is 1. The highest BCUT2D eigenvalue weighted by atomic mass is 35.5. The van der Waals surface area contributed by atoms with Crippen LogP contribution in [0.5, 0.6) is 0 Å². The van der Waals surface area contributed by atoms with Crippen LogP contribution in [0.1, 0.15) is 6.92 Å². The number of hydrogen-bond acceptors (Lipinski definition) is 4. The molecule has 4 rings (SSSR count). The SMILES string of the molecule is CC1C=NC(C2CN(c3ccc4ccccc4n3)C2)=C(Cl)N1. The minimum Gasteiger partial charge on any atom is -0.367 e. The molecule has 5 heteroatoms. The van der Waals surface area contributed by atoms with Gasteiger partial charge in [-0.25, -0.2) is 4.98 Å². The molecule has 0 bridgehead atoms. The standard InChI is InChI=1S/C17H17ClN4/c1-11-8-19-16(17(18)20-11)13-9-22(10-13)15-7-6-12-4-2-3-5-14(12)21-15/h2-8,11,13,20H,9-10H2,1H3. The number of aromatic nitrogens is 1. The Bertz CT molecular complexity index is 777. The molecule has 22 heavy (non-hydrogen) atoms. The molecule has 1 saturated heterocycles. The topological polar surface area (TPSA) is 40.5 Å². The summed E-state index contributed by atoms with van der Waals surface area (Å²) in [4.78, 5) is 11.5. The van der Waals surface area contributed by atoms with Gasteiger partial charge in [0.2, 0.25) is 0 Å². The zero-order valence-electron chi connectivity index (χ0n) is 12.3. The lowest BCUT2D eigenvalue weighted by atomic mass is 9.96. The molecule has 4 nitrogen and oxygen atoms in total. The Morgan fingerprint density at radius 3 is 2.82 bits per heavy atom. The molecule has 0 saturated carbocycles. The van der Waals surface area contributed by atoms with Gasteiger partial charge in [-0.15, -0.1) is 0 Å². The maximum atomic E-state index is 6.28. The van der Waals surface area contributed by atoms with Crippen molar-refractivity contribution in [3.05, 3.63) is 47.3 Å². The predicted molar refractivity (Wildman–Crippen MR) is 91.4 cm³/mol. The van der Waals surface area contributed by atoms with E-state index < -0.39 is 0 Å². The molecule has 0 aliphatic carbocycles. The first kappa shape index (κ1) is 13.6. The first-order valence-electron chi connectivity index (χ1n) is 7.52. The van der Waals surface area contributed by atoms with E-state index in [0.717, 1.165) is 30.1 Å². The Hall–Kier alpha value is -2.07.